The summed E-state index contributed by atoms with van der Waals surface area (Å²) in [4.78, 5) is 40.7. The molecule has 0 atom stereocenters. The number of carbonyl (C=O) groups is 2. The number of pyridine rings is 1. The molecule has 0 aliphatic carbocycles. The Morgan fingerprint density at radius 2 is 1.89 bits per heavy atom. The predicted molar refractivity (Wildman–Crippen MR) is 141 cm³/mol. The summed E-state index contributed by atoms with van der Waals surface area (Å²) in [5.74, 6) is -0.0460. The lowest BCUT2D eigenvalue weighted by Gasteiger charge is -2.13. The van der Waals surface area contributed by atoms with Crippen molar-refractivity contribution in [2.45, 2.75) is 25.7 Å². The van der Waals surface area contributed by atoms with Crippen LogP contribution in [0, 0.1) is 0 Å². The highest BCUT2D eigenvalue weighted by molar-refractivity contribution is 7.18. The highest BCUT2D eigenvalue weighted by Crippen LogP contribution is 2.24. The van der Waals surface area contributed by atoms with Crippen molar-refractivity contribution >= 4 is 34.5 Å². The number of rotatable bonds is 11. The number of hydrogen-bond donors (Lipinski definition) is 0. The predicted octanol–water partition coefficient (Wildman–Crippen LogP) is 4.47. The van der Waals surface area contributed by atoms with Crippen LogP contribution in [-0.4, -0.2) is 56.7 Å². The number of halogens is 1. The summed E-state index contributed by atoms with van der Waals surface area (Å²) in [7, 11) is 3.93. The lowest BCUT2D eigenvalue weighted by molar-refractivity contribution is 0.0972. The number of aryl methyl sites for hydroxylation is 1. The van der Waals surface area contributed by atoms with Gasteiger partial charge in [-0.05, 0) is 63.5 Å². The van der Waals surface area contributed by atoms with Crippen molar-refractivity contribution in [3.05, 3.63) is 91.7 Å². The largest absolute Gasteiger partial charge is 0.309 e. The highest BCUT2D eigenvalue weighted by atomic mass is 35.5. The molecule has 10 heteroatoms. The quantitative estimate of drug-likeness (QED) is 0.269. The molecule has 0 N–H and O–H groups in total. The van der Waals surface area contributed by atoms with Gasteiger partial charge >= 0.3 is 0 Å². The first-order chi connectivity index (χ1) is 17.3. The van der Waals surface area contributed by atoms with Gasteiger partial charge in [-0.15, -0.1) is 16.4 Å². The average molecular weight is 524 g/mol. The Morgan fingerprint density at radius 3 is 2.61 bits per heavy atom. The summed E-state index contributed by atoms with van der Waals surface area (Å²) < 4.78 is 3.63. The third kappa shape index (κ3) is 6.23. The van der Waals surface area contributed by atoms with Crippen molar-refractivity contribution < 1.29 is 9.59 Å². The van der Waals surface area contributed by atoms with E-state index in [2.05, 4.69) is 10.3 Å². The molecule has 8 nitrogen and oxygen atoms in total. The number of aromatic nitrogens is 4. The Hall–Kier alpha value is -3.40. The fourth-order valence-electron chi connectivity index (χ4n) is 3.79. The van der Waals surface area contributed by atoms with E-state index in [1.54, 1.807) is 59.5 Å². The Bertz CT molecular complexity index is 1440. The van der Waals surface area contributed by atoms with Crippen molar-refractivity contribution in [1.29, 1.82) is 0 Å². The van der Waals surface area contributed by atoms with E-state index < -0.39 is 0 Å². The van der Waals surface area contributed by atoms with Crippen molar-refractivity contribution in [3.8, 4) is 11.4 Å². The fourth-order valence-corrected chi connectivity index (χ4v) is 4.80. The maximum absolute atomic E-state index is 13.2. The molecule has 0 saturated heterocycles. The number of hydrogen-bond acceptors (Lipinski definition) is 7. The molecule has 0 aliphatic rings. The van der Waals surface area contributed by atoms with Gasteiger partial charge in [-0.3, -0.25) is 19.0 Å². The third-order valence-corrected chi connectivity index (χ3v) is 6.91. The van der Waals surface area contributed by atoms with Crippen LogP contribution >= 0.6 is 22.9 Å². The molecule has 1 aromatic carbocycles. The van der Waals surface area contributed by atoms with E-state index >= 15 is 0 Å². The summed E-state index contributed by atoms with van der Waals surface area (Å²) in [5.41, 5.74) is 2.09. The second-order valence-electron chi connectivity index (χ2n) is 8.62. The van der Waals surface area contributed by atoms with E-state index in [1.165, 1.54) is 22.0 Å². The zero-order chi connectivity index (χ0) is 25.7. The van der Waals surface area contributed by atoms with Gasteiger partial charge in [-0.1, -0.05) is 22.9 Å². The first kappa shape index (κ1) is 25.7. The maximum Gasteiger partial charge on any atom is 0.255 e. The lowest BCUT2D eigenvalue weighted by Crippen LogP contribution is -2.17. The molecule has 4 rings (SSSR count). The molecule has 0 spiro atoms. The number of Topliss-reactive ketones (excluding diaryl/α,β-unsaturated/α-hetero) is 2. The van der Waals surface area contributed by atoms with Gasteiger partial charge < -0.3 is 4.90 Å². The lowest BCUT2D eigenvalue weighted by atomic mass is 10.0. The first-order valence-corrected chi connectivity index (χ1v) is 12.7. The SMILES string of the molecule is CN(C)CCCC(=O)c1cc(-n2ccccc2=O)ccc1-n1cc(CCC(=O)c2ccc(Cl)s2)nn1. The maximum atomic E-state index is 13.2. The minimum absolute atomic E-state index is 0.00383. The zero-order valence-corrected chi connectivity index (χ0v) is 21.6. The van der Waals surface area contributed by atoms with Gasteiger partial charge in [0.1, 0.15) is 0 Å². The zero-order valence-electron chi connectivity index (χ0n) is 20.1. The van der Waals surface area contributed by atoms with Gasteiger partial charge in [0.15, 0.2) is 11.6 Å². The van der Waals surface area contributed by atoms with Gasteiger partial charge in [0.2, 0.25) is 0 Å². The number of carbonyl (C=O) groups excluding carboxylic acids is 2. The summed E-state index contributed by atoms with van der Waals surface area (Å²) in [6, 6.07) is 13.6. The van der Waals surface area contributed by atoms with Crippen LogP contribution in [0.15, 0.2) is 65.7 Å². The van der Waals surface area contributed by atoms with Crippen LogP contribution in [0.4, 0.5) is 0 Å². The molecular weight excluding hydrogens is 498 g/mol. The van der Waals surface area contributed by atoms with Gasteiger partial charge in [0.25, 0.3) is 5.56 Å². The molecule has 0 aliphatic heterocycles. The van der Waals surface area contributed by atoms with E-state index in [0.717, 1.165) is 6.54 Å². The minimum Gasteiger partial charge on any atom is -0.309 e. The van der Waals surface area contributed by atoms with Gasteiger partial charge in [-0.25, -0.2) is 4.68 Å². The molecule has 186 valence electrons. The Labute approximate surface area is 217 Å². The Morgan fingerprint density at radius 1 is 1.06 bits per heavy atom. The molecule has 0 bridgehead atoms. The standard InChI is InChI=1S/C26H26ClN5O3S/c1-30(2)14-5-6-22(33)20-16-19(31-15-4-3-7-26(31)35)9-10-21(20)32-17-18(28-29-32)8-11-23(34)24-12-13-25(27)36-24/h3-4,7,9-10,12-13,15-17H,5-6,8,11,14H2,1-2H3. The van der Waals surface area contributed by atoms with E-state index in [0.29, 0.717) is 51.1 Å². The summed E-state index contributed by atoms with van der Waals surface area (Å²) in [5, 5.41) is 8.43. The summed E-state index contributed by atoms with van der Waals surface area (Å²) in [6.45, 7) is 0.788. The Balaban J connectivity index is 1.59. The van der Waals surface area contributed by atoms with Crippen LogP contribution in [-0.2, 0) is 6.42 Å². The summed E-state index contributed by atoms with van der Waals surface area (Å²) >= 11 is 7.19. The van der Waals surface area contributed by atoms with E-state index in [4.69, 9.17) is 11.6 Å². The van der Waals surface area contributed by atoms with Gasteiger partial charge in [-0.2, -0.15) is 0 Å². The van der Waals surface area contributed by atoms with Crippen molar-refractivity contribution in [1.82, 2.24) is 24.5 Å². The van der Waals surface area contributed by atoms with E-state index in [9.17, 15) is 14.4 Å². The number of nitrogens with zero attached hydrogens (tertiary/aromatic N) is 5. The fraction of sp³-hybridized carbons (Fsp3) is 0.269. The number of ketones is 2. The number of thiophene rings is 1. The van der Waals surface area contributed by atoms with Gasteiger partial charge in [0.05, 0.1) is 26.8 Å². The van der Waals surface area contributed by atoms with Crippen molar-refractivity contribution in [2.24, 2.45) is 0 Å². The van der Waals surface area contributed by atoms with Crippen LogP contribution in [0.25, 0.3) is 11.4 Å². The smallest absolute Gasteiger partial charge is 0.255 e. The number of benzene rings is 1. The van der Waals surface area contributed by atoms with Crippen molar-refractivity contribution in [3.63, 3.8) is 0 Å². The summed E-state index contributed by atoms with van der Waals surface area (Å²) in [6.07, 6.45) is 5.16. The van der Waals surface area contributed by atoms with E-state index in [-0.39, 0.29) is 23.5 Å². The molecule has 0 amide bonds. The topological polar surface area (TPSA) is 90.1 Å². The van der Waals surface area contributed by atoms with Crippen molar-refractivity contribution in [2.75, 3.05) is 20.6 Å². The molecule has 3 heterocycles. The van der Waals surface area contributed by atoms with Crippen LogP contribution in [0.2, 0.25) is 4.34 Å². The second-order valence-corrected chi connectivity index (χ2v) is 10.3. The molecule has 0 radical (unpaired) electrons. The molecule has 0 unspecified atom stereocenters. The second kappa shape index (κ2) is 11.6. The van der Waals surface area contributed by atoms with Crippen LogP contribution in [0.1, 0.15) is 45.0 Å². The molecule has 0 saturated carbocycles. The normalized spacial score (nSPS) is 11.2. The van der Waals surface area contributed by atoms with Crippen LogP contribution in [0.3, 0.4) is 0 Å². The average Bonchev–Trinajstić information content (AvgIpc) is 3.51. The third-order valence-electron chi connectivity index (χ3n) is 5.63. The molecule has 0 fully saturated rings. The molecule has 3 aromatic heterocycles. The van der Waals surface area contributed by atoms with Gasteiger partial charge in [0, 0.05) is 42.8 Å². The minimum atomic E-state index is -0.184. The highest BCUT2D eigenvalue weighted by Gasteiger charge is 2.17. The first-order valence-electron chi connectivity index (χ1n) is 11.5. The molecule has 36 heavy (non-hydrogen) atoms. The van der Waals surface area contributed by atoms with E-state index in [1.807, 2.05) is 19.0 Å². The molecule has 4 aromatic rings. The monoisotopic (exact) mass is 523 g/mol. The molecular formula is C26H26ClN5O3S. The Kier molecular flexibility index (Phi) is 8.25. The van der Waals surface area contributed by atoms with Crippen LogP contribution in [0.5, 0.6) is 0 Å². The van der Waals surface area contributed by atoms with Crippen LogP contribution < -0.4 is 5.56 Å².